The average Bonchev–Trinajstić information content (AvgIpc) is 3.64. The minimum Gasteiger partial charge on any atom is -0.744 e. The first-order valence-electron chi connectivity index (χ1n) is 14.4. The van der Waals surface area contributed by atoms with Crippen molar-refractivity contribution in [1.82, 2.24) is 0 Å². The number of hydrogen-bond donors (Lipinski definition) is 0. The molecule has 0 bridgehead atoms. The Morgan fingerprint density at radius 2 is 0.648 bits per heavy atom. The number of hydrogen-bond acceptors (Lipinski definition) is 14. The molecule has 24 heteroatoms. The van der Waals surface area contributed by atoms with E-state index in [-0.39, 0.29) is 131 Å². The van der Waals surface area contributed by atoms with Crippen molar-refractivity contribution < 1.29 is 180 Å². The smallest absolute Gasteiger partial charge is 0.744 e. The van der Waals surface area contributed by atoms with Crippen LogP contribution in [0.2, 0.25) is 0 Å². The normalized spacial score (nSPS) is 19.9. The topological polar surface area (TPSA) is 247 Å². The first kappa shape index (κ1) is 51.4. The van der Waals surface area contributed by atoms with Crippen LogP contribution in [-0.4, -0.2) is 88.6 Å². The molecule has 0 saturated carbocycles. The number of ether oxygens (including phenoxy) is 2. The van der Waals surface area contributed by atoms with E-state index in [0.717, 1.165) is 24.3 Å². The Balaban J connectivity index is 0.00000252. The number of fused-ring (bicyclic) bond motifs is 1. The fourth-order valence-corrected chi connectivity index (χ4v) is 14.3. The van der Waals surface area contributed by atoms with Gasteiger partial charge in [0, 0.05) is 11.3 Å². The van der Waals surface area contributed by atoms with Crippen molar-refractivity contribution in [3.8, 4) is 0 Å². The Bertz CT molecular complexity index is 2110. The van der Waals surface area contributed by atoms with Gasteiger partial charge in [0.2, 0.25) is 0 Å². The molecule has 14 nitrogen and oxygen atoms in total. The summed E-state index contributed by atoms with van der Waals surface area (Å²) < 4.78 is 156. The Morgan fingerprint density at radius 3 is 0.852 bits per heavy atom. The molecule has 0 spiro atoms. The van der Waals surface area contributed by atoms with Crippen molar-refractivity contribution >= 4 is 77.5 Å². The molecule has 266 valence electrons. The van der Waals surface area contributed by atoms with E-state index in [4.69, 9.17) is 9.47 Å². The second kappa shape index (κ2) is 20.2. The van der Waals surface area contributed by atoms with Crippen molar-refractivity contribution in [2.45, 2.75) is 43.1 Å². The molecule has 54 heavy (non-hydrogen) atoms. The second-order valence-corrected chi connectivity index (χ2v) is 21.7. The van der Waals surface area contributed by atoms with E-state index in [9.17, 15) is 51.9 Å². The minimum absolute atomic E-state index is 0. The zero-order valence-electron chi connectivity index (χ0n) is 29.2. The summed E-state index contributed by atoms with van der Waals surface area (Å²) in [5.74, 6) is 0. The molecule has 2 aliphatic heterocycles. The van der Waals surface area contributed by atoms with Gasteiger partial charge in [-0.15, -0.1) is 0 Å². The van der Waals surface area contributed by atoms with Crippen LogP contribution in [0.15, 0.2) is 117 Å². The Hall–Kier alpha value is 1.30. The molecule has 0 aliphatic carbocycles. The van der Waals surface area contributed by atoms with E-state index < -0.39 is 99.4 Å². The predicted octanol–water partition coefficient (Wildman–Crippen LogP) is -11.6. The Morgan fingerprint density at radius 1 is 0.426 bits per heavy atom. The van der Waals surface area contributed by atoms with Crippen molar-refractivity contribution in [1.29, 1.82) is 0 Å². The molecule has 4 aromatic carbocycles. The van der Waals surface area contributed by atoms with Gasteiger partial charge in [0.15, 0.2) is 0 Å². The molecular weight excluding hydrogens is 866 g/mol. The van der Waals surface area contributed by atoms with Gasteiger partial charge in [-0.1, -0.05) is 48.5 Å². The van der Waals surface area contributed by atoms with Gasteiger partial charge in [0.05, 0.1) is 45.0 Å². The van der Waals surface area contributed by atoms with Crippen LogP contribution in [0.25, 0.3) is 0 Å². The molecule has 2 saturated heterocycles. The third-order valence-electron chi connectivity index (χ3n) is 8.20. The van der Waals surface area contributed by atoms with Crippen LogP contribution in [0.1, 0.15) is 0 Å². The van der Waals surface area contributed by atoms with Gasteiger partial charge in [-0.2, -0.15) is 0 Å². The number of rotatable bonds is 10. The van der Waals surface area contributed by atoms with E-state index in [2.05, 4.69) is 0 Å². The zero-order valence-corrected chi connectivity index (χ0v) is 42.3. The van der Waals surface area contributed by atoms with Crippen LogP contribution < -0.4 is 139 Å². The summed E-state index contributed by atoms with van der Waals surface area (Å²) in [5.41, 5.74) is -1.21. The SMILES string of the molecule is O=S(=O)([O-])c1cccc(P(c2cccc(S(=O)(=O)[O-])c2)[C@H]2CO[C@H]3[C@@H]2OC[C@@H]3P(c2cccc(S(=O)(=O)[O-])c2)c2cccc(S(=O)(=O)[O-])c2)c1.[Na+].[Na+].[Na+].[Na+]. The van der Waals surface area contributed by atoms with Gasteiger partial charge < -0.3 is 27.7 Å². The van der Waals surface area contributed by atoms with Crippen molar-refractivity contribution in [2.75, 3.05) is 13.2 Å². The molecule has 4 atom stereocenters. The monoisotopic (exact) mass is 890 g/mol. The molecule has 0 N–H and O–H groups in total. The summed E-state index contributed by atoms with van der Waals surface area (Å²) in [6.45, 7) is -0.0409. The maximum atomic E-state index is 12.0. The summed E-state index contributed by atoms with van der Waals surface area (Å²) >= 11 is 0. The third-order valence-corrected chi connectivity index (χ3v) is 17.1. The third kappa shape index (κ3) is 11.8. The van der Waals surface area contributed by atoms with E-state index in [1.807, 2.05) is 0 Å². The quantitative estimate of drug-likeness (QED) is 0.0816. The fourth-order valence-electron chi connectivity index (χ4n) is 6.12. The molecule has 2 fully saturated rings. The van der Waals surface area contributed by atoms with Gasteiger partial charge in [-0.3, -0.25) is 0 Å². The minimum atomic E-state index is -4.90. The molecule has 0 amide bonds. The summed E-state index contributed by atoms with van der Waals surface area (Å²) in [6.07, 6.45) is -1.51. The van der Waals surface area contributed by atoms with Gasteiger partial charge in [-0.25, -0.2) is 33.7 Å². The largest absolute Gasteiger partial charge is 1.00 e. The summed E-state index contributed by atoms with van der Waals surface area (Å²) in [4.78, 5) is -2.11. The van der Waals surface area contributed by atoms with Crippen LogP contribution in [0.4, 0.5) is 0 Å². The predicted molar refractivity (Wildman–Crippen MR) is 177 cm³/mol. The summed E-state index contributed by atoms with van der Waals surface area (Å²) in [7, 11) is -23.2. The average molecular weight is 891 g/mol. The summed E-state index contributed by atoms with van der Waals surface area (Å²) in [5, 5.41) is 1.40. The van der Waals surface area contributed by atoms with E-state index >= 15 is 0 Å². The standard InChI is InChI=1S/C30H28O14P2S4.4Na/c31-47(32,33)23-9-1-5-19(13-23)45(20-6-2-10-24(14-20)48(34,35)36)27-17-43-30-28(18-44-29(27)30)46(21-7-3-11-25(15-21)49(37,38)39)22-8-4-12-26(16-22)50(40,41)42;;;;/h1-16,27-30H,17-18H2,(H,31,32,33)(H,34,35,36)(H,37,38,39)(H,40,41,42);;;;/q;4*+1/p-4/t27-,28-,29+,30+;;;;/m0..../s1. The Labute approximate surface area is 404 Å². The molecule has 4 aromatic rings. The zero-order chi connectivity index (χ0) is 36.2. The maximum absolute atomic E-state index is 12.0. The van der Waals surface area contributed by atoms with E-state index in [0.29, 0.717) is 21.2 Å². The summed E-state index contributed by atoms with van der Waals surface area (Å²) in [6, 6.07) is 20.9. The Kier molecular flexibility index (Phi) is 19.3. The van der Waals surface area contributed by atoms with E-state index in [1.165, 1.54) is 48.5 Å². The first-order valence-corrected chi connectivity index (χ1v) is 22.8. The molecule has 2 aliphatic rings. The van der Waals surface area contributed by atoms with Gasteiger partial charge >= 0.3 is 118 Å². The second-order valence-electron chi connectivity index (χ2n) is 11.3. The number of benzene rings is 4. The molecule has 0 radical (unpaired) electrons. The fraction of sp³-hybridized carbons (Fsp3) is 0.200. The van der Waals surface area contributed by atoms with Crippen molar-refractivity contribution in [3.63, 3.8) is 0 Å². The van der Waals surface area contributed by atoms with Crippen LogP contribution in [0, 0.1) is 0 Å². The van der Waals surface area contributed by atoms with Crippen LogP contribution in [0.3, 0.4) is 0 Å². The molecule has 0 aromatic heterocycles. The first-order chi connectivity index (χ1) is 23.3. The molecular formula is C30H24Na4O14P2S4. The van der Waals surface area contributed by atoms with Crippen LogP contribution in [0.5, 0.6) is 0 Å². The van der Waals surface area contributed by atoms with Gasteiger partial charge in [-0.05, 0) is 85.6 Å². The van der Waals surface area contributed by atoms with E-state index in [1.54, 1.807) is 24.3 Å². The molecule has 0 unspecified atom stereocenters. The van der Waals surface area contributed by atoms with Crippen molar-refractivity contribution in [2.24, 2.45) is 0 Å². The van der Waals surface area contributed by atoms with Gasteiger partial charge in [0.25, 0.3) is 0 Å². The maximum Gasteiger partial charge on any atom is 1.00 e. The molecule has 6 rings (SSSR count). The van der Waals surface area contributed by atoms with Gasteiger partial charge in [0.1, 0.15) is 40.5 Å². The molecule has 2 heterocycles. The van der Waals surface area contributed by atoms with Crippen molar-refractivity contribution in [3.05, 3.63) is 97.1 Å². The van der Waals surface area contributed by atoms with Crippen LogP contribution >= 0.6 is 15.8 Å². The van der Waals surface area contributed by atoms with Crippen LogP contribution in [-0.2, 0) is 49.9 Å².